The molecule has 2 unspecified atom stereocenters. The van der Waals surface area contributed by atoms with Crippen LogP contribution in [0.15, 0.2) is 0 Å². The molecule has 1 saturated heterocycles. The summed E-state index contributed by atoms with van der Waals surface area (Å²) in [5.41, 5.74) is 0. The Morgan fingerprint density at radius 1 is 1.50 bits per heavy atom. The van der Waals surface area contributed by atoms with Gasteiger partial charge < -0.3 is 14.7 Å². The zero-order valence-corrected chi connectivity index (χ0v) is 12.1. The molecule has 0 saturated carbocycles. The first-order valence-electron chi connectivity index (χ1n) is 6.48. The molecule has 0 bridgehead atoms. The maximum Gasteiger partial charge on any atom is 0.327 e. The molecule has 20 heavy (non-hydrogen) atoms. The molecule has 8 heteroatoms. The Labute approximate surface area is 120 Å². The highest BCUT2D eigenvalue weighted by Crippen LogP contribution is 2.32. The van der Waals surface area contributed by atoms with Crippen molar-refractivity contribution in [2.45, 2.75) is 44.0 Å². The van der Waals surface area contributed by atoms with Crippen LogP contribution >= 0.6 is 11.8 Å². The molecule has 1 amide bonds. The number of nitrogens with zero attached hydrogens (tertiary/aromatic N) is 1. The van der Waals surface area contributed by atoms with Gasteiger partial charge in [0.2, 0.25) is 5.91 Å². The lowest BCUT2D eigenvalue weighted by molar-refractivity contribution is -0.149. The number of carbonyl (C=O) groups excluding carboxylic acids is 1. The first-order chi connectivity index (χ1) is 9.47. The number of ether oxygens (including phenoxy) is 1. The van der Waals surface area contributed by atoms with Crippen LogP contribution in [0.4, 0.5) is 8.78 Å². The molecule has 1 aliphatic heterocycles. The Hall–Kier alpha value is -0.890. The van der Waals surface area contributed by atoms with Gasteiger partial charge in [0.05, 0.1) is 18.4 Å². The van der Waals surface area contributed by atoms with Crippen molar-refractivity contribution in [3.05, 3.63) is 0 Å². The summed E-state index contributed by atoms with van der Waals surface area (Å²) in [6, 6.07) is -0.834. The van der Waals surface area contributed by atoms with Gasteiger partial charge in [-0.05, 0) is 6.42 Å². The topological polar surface area (TPSA) is 66.8 Å². The molecule has 1 rings (SSSR count). The number of aliphatic carboxylic acids is 1. The lowest BCUT2D eigenvalue weighted by Crippen LogP contribution is -2.45. The first-order valence-corrected chi connectivity index (χ1v) is 7.53. The molecule has 0 aliphatic carbocycles. The number of thioether (sulfide) groups is 1. The lowest BCUT2D eigenvalue weighted by atomic mass is 10.2. The van der Waals surface area contributed by atoms with Gasteiger partial charge in [-0.25, -0.2) is 13.6 Å². The van der Waals surface area contributed by atoms with E-state index in [9.17, 15) is 18.4 Å². The second-order valence-corrected chi connectivity index (χ2v) is 5.66. The van der Waals surface area contributed by atoms with Crippen molar-refractivity contribution >= 4 is 23.6 Å². The molecule has 5 nitrogen and oxygen atoms in total. The molecule has 116 valence electrons. The Bertz CT molecular complexity index is 343. The molecule has 0 radical (unpaired) electrons. The van der Waals surface area contributed by atoms with Crippen molar-refractivity contribution in [3.8, 4) is 0 Å². The minimum Gasteiger partial charge on any atom is -0.480 e. The van der Waals surface area contributed by atoms with Crippen LogP contribution in [0.3, 0.4) is 0 Å². The molecule has 1 fully saturated rings. The number of alkyl halides is 2. The number of rotatable bonds is 8. The fraction of sp³-hybridized carbons (Fsp3) is 0.833. The van der Waals surface area contributed by atoms with Crippen molar-refractivity contribution in [2.24, 2.45) is 0 Å². The minimum atomic E-state index is -2.56. The second-order valence-electron chi connectivity index (χ2n) is 4.45. The van der Waals surface area contributed by atoms with E-state index >= 15 is 0 Å². The highest BCUT2D eigenvalue weighted by Gasteiger charge is 2.40. The molecule has 0 spiro atoms. The van der Waals surface area contributed by atoms with Crippen molar-refractivity contribution in [3.63, 3.8) is 0 Å². The molecule has 0 aromatic heterocycles. The summed E-state index contributed by atoms with van der Waals surface area (Å²) in [7, 11) is 0. The van der Waals surface area contributed by atoms with Gasteiger partial charge >= 0.3 is 5.97 Å². The number of halogens is 2. The summed E-state index contributed by atoms with van der Waals surface area (Å²) >= 11 is 1.45. The van der Waals surface area contributed by atoms with Crippen LogP contribution in [0.2, 0.25) is 0 Å². The van der Waals surface area contributed by atoms with E-state index in [2.05, 4.69) is 4.74 Å². The van der Waals surface area contributed by atoms with Gasteiger partial charge in [-0.15, -0.1) is 11.8 Å². The largest absolute Gasteiger partial charge is 0.480 e. The highest BCUT2D eigenvalue weighted by atomic mass is 32.2. The number of carbonyl (C=O) groups is 2. The van der Waals surface area contributed by atoms with Gasteiger partial charge in [0, 0.05) is 5.75 Å². The third-order valence-electron chi connectivity index (χ3n) is 2.91. The van der Waals surface area contributed by atoms with Crippen LogP contribution < -0.4 is 0 Å². The Morgan fingerprint density at radius 2 is 2.20 bits per heavy atom. The zero-order valence-electron chi connectivity index (χ0n) is 11.3. The second kappa shape index (κ2) is 8.41. The third kappa shape index (κ3) is 4.90. The van der Waals surface area contributed by atoms with Gasteiger partial charge in [0.25, 0.3) is 6.43 Å². The van der Waals surface area contributed by atoms with Crippen molar-refractivity contribution in [2.75, 3.05) is 19.0 Å². The third-order valence-corrected chi connectivity index (χ3v) is 4.26. The molecule has 1 heterocycles. The number of carboxylic acid groups (broad SMARTS) is 1. The monoisotopic (exact) mass is 311 g/mol. The fourth-order valence-electron chi connectivity index (χ4n) is 2.02. The maximum absolute atomic E-state index is 12.1. The minimum absolute atomic E-state index is 0.0721. The van der Waals surface area contributed by atoms with Crippen LogP contribution in [-0.2, 0) is 14.3 Å². The van der Waals surface area contributed by atoms with E-state index in [1.807, 2.05) is 6.92 Å². The summed E-state index contributed by atoms with van der Waals surface area (Å²) in [4.78, 5) is 24.6. The highest BCUT2D eigenvalue weighted by molar-refractivity contribution is 8.00. The van der Waals surface area contributed by atoms with Crippen molar-refractivity contribution in [1.82, 2.24) is 4.90 Å². The van der Waals surface area contributed by atoms with E-state index in [1.54, 1.807) is 0 Å². The van der Waals surface area contributed by atoms with E-state index in [1.165, 1.54) is 16.7 Å². The Morgan fingerprint density at radius 3 is 2.75 bits per heavy atom. The SMILES string of the molecule is CCCC1SCC(C(=O)O)N1C(=O)CCOCC(F)F. The van der Waals surface area contributed by atoms with Crippen LogP contribution in [0.1, 0.15) is 26.2 Å². The average molecular weight is 311 g/mol. The number of hydrogen-bond donors (Lipinski definition) is 1. The maximum atomic E-state index is 12.1. The molecule has 0 aromatic rings. The smallest absolute Gasteiger partial charge is 0.327 e. The van der Waals surface area contributed by atoms with Gasteiger partial charge in [-0.1, -0.05) is 13.3 Å². The number of hydrogen-bond acceptors (Lipinski definition) is 4. The van der Waals surface area contributed by atoms with E-state index < -0.39 is 25.0 Å². The van der Waals surface area contributed by atoms with Gasteiger partial charge in [0.15, 0.2) is 0 Å². The standard InChI is InChI=1S/C12H19F2NO4S/c1-2-3-11-15(8(7-20-11)12(17)18)10(16)4-5-19-6-9(13)14/h8-9,11H,2-7H2,1H3,(H,17,18). The first kappa shape index (κ1) is 17.2. The summed E-state index contributed by atoms with van der Waals surface area (Å²) in [6.45, 7) is 1.14. The van der Waals surface area contributed by atoms with Crippen LogP contribution in [0, 0.1) is 0 Å². The van der Waals surface area contributed by atoms with Crippen molar-refractivity contribution < 1.29 is 28.2 Å². The number of carboxylic acids is 1. The molecule has 1 N–H and O–H groups in total. The van der Waals surface area contributed by atoms with Gasteiger partial charge in [-0.3, -0.25) is 4.79 Å². The predicted octanol–water partition coefficient (Wildman–Crippen LogP) is 1.81. The Kier molecular flexibility index (Phi) is 7.22. The summed E-state index contributed by atoms with van der Waals surface area (Å²) in [5, 5.41) is 8.98. The van der Waals surface area contributed by atoms with E-state index in [0.29, 0.717) is 5.75 Å². The van der Waals surface area contributed by atoms with E-state index in [-0.39, 0.29) is 24.3 Å². The van der Waals surface area contributed by atoms with Gasteiger partial charge in [0.1, 0.15) is 12.6 Å². The van der Waals surface area contributed by atoms with Crippen molar-refractivity contribution in [1.29, 1.82) is 0 Å². The molecule has 1 aliphatic rings. The molecule has 2 atom stereocenters. The quantitative estimate of drug-likeness (QED) is 0.693. The van der Waals surface area contributed by atoms with E-state index in [0.717, 1.165) is 12.8 Å². The predicted molar refractivity (Wildman–Crippen MR) is 70.9 cm³/mol. The van der Waals surface area contributed by atoms with E-state index in [4.69, 9.17) is 5.11 Å². The number of amides is 1. The van der Waals surface area contributed by atoms with Crippen LogP contribution in [-0.4, -0.2) is 58.7 Å². The van der Waals surface area contributed by atoms with Gasteiger partial charge in [-0.2, -0.15) is 0 Å². The lowest BCUT2D eigenvalue weighted by Gasteiger charge is -2.27. The zero-order chi connectivity index (χ0) is 15.1. The average Bonchev–Trinajstić information content (AvgIpc) is 2.78. The fourth-order valence-corrected chi connectivity index (χ4v) is 3.55. The molecule has 0 aromatic carbocycles. The molecular formula is C12H19F2NO4S. The van der Waals surface area contributed by atoms with Crippen LogP contribution in [0.25, 0.3) is 0 Å². The normalized spacial score (nSPS) is 22.5. The summed E-state index contributed by atoms with van der Waals surface area (Å²) in [6.07, 6.45) is -1.07. The van der Waals surface area contributed by atoms with Crippen LogP contribution in [0.5, 0.6) is 0 Å². The Balaban J connectivity index is 2.53. The summed E-state index contributed by atoms with van der Waals surface area (Å²) in [5.74, 6) is -1.02. The molecular weight excluding hydrogens is 292 g/mol. The summed E-state index contributed by atoms with van der Waals surface area (Å²) < 4.78 is 28.4.